The fourth-order valence-electron chi connectivity index (χ4n) is 4.52. The summed E-state index contributed by atoms with van der Waals surface area (Å²) in [7, 11) is 0. The van der Waals surface area contributed by atoms with Gasteiger partial charge in [-0.1, -0.05) is 48.0 Å². The minimum Gasteiger partial charge on any atom is -0.378 e. The summed E-state index contributed by atoms with van der Waals surface area (Å²) in [5.74, 6) is 1.53. The van der Waals surface area contributed by atoms with Crippen molar-refractivity contribution in [3.8, 4) is 0 Å². The van der Waals surface area contributed by atoms with Crippen molar-refractivity contribution in [3.63, 3.8) is 0 Å². The minimum absolute atomic E-state index is 0.567. The van der Waals surface area contributed by atoms with Crippen molar-refractivity contribution in [1.29, 1.82) is 0 Å². The van der Waals surface area contributed by atoms with Crippen molar-refractivity contribution >= 4 is 55.8 Å². The van der Waals surface area contributed by atoms with Crippen molar-refractivity contribution in [1.82, 2.24) is 20.0 Å². The summed E-state index contributed by atoms with van der Waals surface area (Å²) in [6, 6.07) is 18.5. The second-order valence-corrected chi connectivity index (χ2v) is 9.80. The highest BCUT2D eigenvalue weighted by molar-refractivity contribution is 7.17. The molecule has 3 aromatic heterocycles. The molecule has 1 saturated heterocycles. The van der Waals surface area contributed by atoms with E-state index in [9.17, 15) is 0 Å². The first-order valence-electron chi connectivity index (χ1n) is 11.6. The number of ether oxygens (including phenoxy) is 1. The molecule has 0 bridgehead atoms. The van der Waals surface area contributed by atoms with Gasteiger partial charge in [-0.25, -0.2) is 10.4 Å². The Morgan fingerprint density at radius 3 is 2.69 bits per heavy atom. The van der Waals surface area contributed by atoms with Crippen LogP contribution in [0.2, 0.25) is 5.02 Å². The first-order valence-corrected chi connectivity index (χ1v) is 12.9. The van der Waals surface area contributed by atoms with Crippen LogP contribution in [0.3, 0.4) is 0 Å². The monoisotopic (exact) mass is 504 g/mol. The highest BCUT2D eigenvalue weighted by Gasteiger charge is 2.18. The minimum atomic E-state index is 0.567. The van der Waals surface area contributed by atoms with Crippen LogP contribution in [-0.4, -0.2) is 40.8 Å². The van der Waals surface area contributed by atoms with Gasteiger partial charge in [0.25, 0.3) is 0 Å². The number of hydrogen-bond donors (Lipinski definition) is 2. The number of hydrogen-bond acceptors (Lipinski definition) is 7. The molecule has 0 saturated carbocycles. The predicted octanol–water partition coefficient (Wildman–Crippen LogP) is 5.30. The van der Waals surface area contributed by atoms with Crippen LogP contribution in [0.5, 0.6) is 0 Å². The van der Waals surface area contributed by atoms with Crippen molar-refractivity contribution in [2.75, 3.05) is 36.6 Å². The van der Waals surface area contributed by atoms with Crippen LogP contribution in [0.25, 0.3) is 21.1 Å². The Hall–Kier alpha value is -3.17. The molecule has 5 aromatic rings. The quantitative estimate of drug-likeness (QED) is 0.293. The molecule has 35 heavy (non-hydrogen) atoms. The Labute approximate surface area is 212 Å². The van der Waals surface area contributed by atoms with E-state index in [4.69, 9.17) is 26.3 Å². The standard InChI is InChI=1S/C26H25ClN6OS/c27-21-7-3-1-5-18(21)16-33-17-19(20-6-2-4-8-23(20)33)15-28-31-26-29-22-9-14-35-24(22)25(30-26)32-10-12-34-13-11-32/h1-9,14,17,28H,10-13,15-16H2,(H,29,30,31). The molecule has 7 nitrogen and oxygen atoms in total. The summed E-state index contributed by atoms with van der Waals surface area (Å²) in [5, 5.41) is 4.05. The molecule has 0 spiro atoms. The van der Waals surface area contributed by atoms with Gasteiger partial charge < -0.3 is 14.2 Å². The number of aromatic nitrogens is 3. The van der Waals surface area contributed by atoms with Gasteiger partial charge in [0.15, 0.2) is 5.82 Å². The van der Waals surface area contributed by atoms with Crippen LogP contribution in [0.1, 0.15) is 11.1 Å². The van der Waals surface area contributed by atoms with Gasteiger partial charge in [0, 0.05) is 48.3 Å². The van der Waals surface area contributed by atoms with Crippen LogP contribution in [0.4, 0.5) is 11.8 Å². The van der Waals surface area contributed by atoms with Crippen molar-refractivity contribution in [2.24, 2.45) is 0 Å². The third-order valence-electron chi connectivity index (χ3n) is 6.24. The van der Waals surface area contributed by atoms with E-state index in [1.807, 2.05) is 24.3 Å². The Kier molecular flexibility index (Phi) is 6.26. The average Bonchev–Trinajstić information content (AvgIpc) is 3.51. The fraction of sp³-hybridized carbons (Fsp3) is 0.231. The summed E-state index contributed by atoms with van der Waals surface area (Å²) < 4.78 is 8.88. The van der Waals surface area contributed by atoms with Gasteiger partial charge in [-0.15, -0.1) is 11.3 Å². The van der Waals surface area contributed by atoms with E-state index < -0.39 is 0 Å². The predicted molar refractivity (Wildman–Crippen MR) is 143 cm³/mol. The number of morpholine rings is 1. The number of hydrazine groups is 1. The number of para-hydroxylation sites is 1. The van der Waals surface area contributed by atoms with E-state index >= 15 is 0 Å². The number of rotatable bonds is 7. The molecule has 1 fully saturated rings. The lowest BCUT2D eigenvalue weighted by Gasteiger charge is -2.28. The van der Waals surface area contributed by atoms with Gasteiger partial charge in [-0.05, 0) is 34.7 Å². The number of nitrogens with zero attached hydrogens (tertiary/aromatic N) is 4. The summed E-state index contributed by atoms with van der Waals surface area (Å²) >= 11 is 8.10. The Morgan fingerprint density at radius 2 is 1.80 bits per heavy atom. The molecule has 2 aromatic carbocycles. The third kappa shape index (κ3) is 4.58. The number of fused-ring (bicyclic) bond motifs is 2. The molecule has 4 heterocycles. The zero-order valence-corrected chi connectivity index (χ0v) is 20.6. The molecule has 0 amide bonds. The lowest BCUT2D eigenvalue weighted by atomic mass is 10.2. The normalized spacial score (nSPS) is 14.1. The molecule has 0 radical (unpaired) electrons. The van der Waals surface area contributed by atoms with E-state index in [-0.39, 0.29) is 0 Å². The van der Waals surface area contributed by atoms with Gasteiger partial charge in [0.05, 0.1) is 23.4 Å². The first kappa shape index (κ1) is 22.3. The van der Waals surface area contributed by atoms with Gasteiger partial charge >= 0.3 is 0 Å². The Balaban J connectivity index is 1.22. The summed E-state index contributed by atoms with van der Waals surface area (Å²) in [6.07, 6.45) is 2.19. The molecule has 0 unspecified atom stereocenters. The van der Waals surface area contributed by atoms with Crippen molar-refractivity contribution in [2.45, 2.75) is 13.1 Å². The van der Waals surface area contributed by atoms with E-state index in [1.54, 1.807) is 11.3 Å². The fourth-order valence-corrected chi connectivity index (χ4v) is 5.56. The second-order valence-electron chi connectivity index (χ2n) is 8.47. The first-order chi connectivity index (χ1) is 17.3. The Bertz CT molecular complexity index is 1480. The van der Waals surface area contributed by atoms with Crippen LogP contribution < -0.4 is 15.8 Å². The lowest BCUT2D eigenvalue weighted by molar-refractivity contribution is 0.122. The highest BCUT2D eigenvalue weighted by atomic mass is 35.5. The van der Waals surface area contributed by atoms with Crippen molar-refractivity contribution in [3.05, 3.63) is 82.3 Å². The van der Waals surface area contributed by atoms with E-state index in [1.165, 1.54) is 16.5 Å². The molecule has 1 aliphatic heterocycles. The molecule has 2 N–H and O–H groups in total. The summed E-state index contributed by atoms with van der Waals surface area (Å²) in [6.45, 7) is 4.44. The van der Waals surface area contributed by atoms with Crippen LogP contribution >= 0.6 is 22.9 Å². The van der Waals surface area contributed by atoms with Gasteiger partial charge in [-0.3, -0.25) is 5.43 Å². The van der Waals surface area contributed by atoms with E-state index in [2.05, 4.69) is 62.2 Å². The average molecular weight is 505 g/mol. The lowest BCUT2D eigenvalue weighted by Crippen LogP contribution is -2.37. The largest absolute Gasteiger partial charge is 0.378 e. The molecule has 9 heteroatoms. The topological polar surface area (TPSA) is 67.2 Å². The van der Waals surface area contributed by atoms with Gasteiger partial charge in [0.2, 0.25) is 5.95 Å². The van der Waals surface area contributed by atoms with E-state index in [0.717, 1.165) is 52.9 Å². The Morgan fingerprint density at radius 1 is 0.971 bits per heavy atom. The molecule has 0 aliphatic carbocycles. The summed E-state index contributed by atoms with van der Waals surface area (Å²) in [5.41, 5.74) is 11.0. The van der Waals surface area contributed by atoms with Gasteiger partial charge in [-0.2, -0.15) is 4.98 Å². The molecule has 6 rings (SSSR count). The third-order valence-corrected chi connectivity index (χ3v) is 7.51. The zero-order chi connectivity index (χ0) is 23.6. The van der Waals surface area contributed by atoms with Crippen LogP contribution in [0, 0.1) is 0 Å². The summed E-state index contributed by atoms with van der Waals surface area (Å²) in [4.78, 5) is 11.8. The maximum atomic E-state index is 6.43. The molecular formula is C26H25ClN6OS. The number of anilines is 2. The van der Waals surface area contributed by atoms with E-state index in [0.29, 0.717) is 19.0 Å². The second kappa shape index (κ2) is 9.83. The number of halogens is 1. The molecule has 178 valence electrons. The van der Waals surface area contributed by atoms with Crippen LogP contribution in [-0.2, 0) is 17.8 Å². The maximum Gasteiger partial charge on any atom is 0.239 e. The van der Waals surface area contributed by atoms with Crippen LogP contribution in [0.15, 0.2) is 66.2 Å². The smallest absolute Gasteiger partial charge is 0.239 e. The molecule has 1 aliphatic rings. The number of benzene rings is 2. The maximum absolute atomic E-state index is 6.43. The van der Waals surface area contributed by atoms with Crippen molar-refractivity contribution < 1.29 is 4.74 Å². The highest BCUT2D eigenvalue weighted by Crippen LogP contribution is 2.30. The number of thiophene rings is 1. The molecule has 0 atom stereocenters. The zero-order valence-electron chi connectivity index (χ0n) is 19.1. The SMILES string of the molecule is Clc1ccccc1Cn1cc(CNNc2nc(N3CCOCC3)c3sccc3n2)c2ccccc21. The molecular weight excluding hydrogens is 480 g/mol. The van der Waals surface area contributed by atoms with Gasteiger partial charge in [0.1, 0.15) is 0 Å². The number of nitrogens with one attached hydrogen (secondary N) is 2.